The minimum Gasteiger partial charge on any atom is -0.496 e. The molecule has 6 rings (SSSR count). The minimum atomic E-state index is -1.18. The number of carbonyl (C=O) groups is 2. The van der Waals surface area contributed by atoms with Gasteiger partial charge in [0, 0.05) is 30.9 Å². The number of amides is 1. The highest BCUT2D eigenvalue weighted by Gasteiger charge is 2.45. The number of aliphatic hydroxyl groups excluding tert-OH is 1. The molecule has 4 aliphatic heterocycles. The Labute approximate surface area is 253 Å². The van der Waals surface area contributed by atoms with Crippen LogP contribution in [0.4, 0.5) is 5.95 Å². The molecule has 7 N–H and O–H groups in total. The second-order valence-corrected chi connectivity index (χ2v) is 11.4. The maximum absolute atomic E-state index is 12.9. The van der Waals surface area contributed by atoms with Gasteiger partial charge in [-0.1, -0.05) is 6.08 Å². The number of carbonyl (C=O) groups excluding carboxylic acids is 2. The topological polar surface area (TPSA) is 195 Å². The van der Waals surface area contributed by atoms with Crippen molar-refractivity contribution < 1.29 is 38.7 Å². The van der Waals surface area contributed by atoms with Gasteiger partial charge in [0.2, 0.25) is 17.6 Å². The molecule has 15 heteroatoms. The van der Waals surface area contributed by atoms with E-state index in [9.17, 15) is 19.8 Å². The Morgan fingerprint density at radius 2 is 2.14 bits per heavy atom. The highest BCUT2D eigenvalue weighted by Crippen LogP contribution is 2.53. The number of aromatic nitrogens is 2. The van der Waals surface area contributed by atoms with Crippen molar-refractivity contribution in [2.75, 3.05) is 25.3 Å². The Morgan fingerprint density at radius 3 is 2.84 bits per heavy atom. The molecule has 44 heavy (non-hydrogen) atoms. The zero-order chi connectivity index (χ0) is 31.3. The van der Waals surface area contributed by atoms with Crippen LogP contribution in [0.25, 0.3) is 5.57 Å². The van der Waals surface area contributed by atoms with Crippen LogP contribution in [0.5, 0.6) is 17.2 Å². The third kappa shape index (κ3) is 5.05. The number of methoxy groups -OCH3 is 1. The maximum Gasteiger partial charge on any atom is 0.374 e. The summed E-state index contributed by atoms with van der Waals surface area (Å²) in [6, 6.07) is -0.506. The first-order valence-corrected chi connectivity index (χ1v) is 14.4. The molecule has 4 aliphatic rings. The zero-order valence-electron chi connectivity index (χ0n) is 24.9. The molecule has 2 saturated heterocycles. The SMILES string of the molecule is CCOC(=O)C1=CC(=CCn2ccnc2N2CNC3C(=O)NC(N)NC32)c2c(OC)c3c(c(CO)c2O1)OC(C(C)(C)O)C3. The number of nitrogens with zero attached hydrogens (tertiary/aromatic N) is 3. The molecule has 15 nitrogen and oxygen atoms in total. The Balaban J connectivity index is 1.42. The molecule has 2 aromatic rings. The van der Waals surface area contributed by atoms with Gasteiger partial charge in [-0.15, -0.1) is 0 Å². The lowest BCUT2D eigenvalue weighted by Gasteiger charge is -2.35. The summed E-state index contributed by atoms with van der Waals surface area (Å²) in [5, 5.41) is 30.3. The average Bonchev–Trinajstić information content (AvgIpc) is 3.72. The summed E-state index contributed by atoms with van der Waals surface area (Å²) in [7, 11) is 1.52. The van der Waals surface area contributed by atoms with Gasteiger partial charge in [0.15, 0.2) is 0 Å². The first-order valence-electron chi connectivity index (χ1n) is 14.4. The second kappa shape index (κ2) is 11.4. The third-order valence-electron chi connectivity index (χ3n) is 8.14. The molecule has 5 heterocycles. The van der Waals surface area contributed by atoms with E-state index in [2.05, 4.69) is 20.9 Å². The minimum absolute atomic E-state index is 0.0665. The number of rotatable bonds is 8. The summed E-state index contributed by atoms with van der Waals surface area (Å²) in [4.78, 5) is 31.8. The molecule has 1 aromatic carbocycles. The van der Waals surface area contributed by atoms with Crippen LogP contribution in [-0.4, -0.2) is 82.2 Å². The second-order valence-electron chi connectivity index (χ2n) is 11.4. The van der Waals surface area contributed by atoms with Crippen LogP contribution in [0.15, 0.2) is 30.3 Å². The molecule has 1 amide bonds. The molecular formula is C29H37N7O8. The molecule has 2 fully saturated rings. The van der Waals surface area contributed by atoms with Crippen molar-refractivity contribution in [3.63, 3.8) is 0 Å². The van der Waals surface area contributed by atoms with E-state index in [1.165, 1.54) is 7.11 Å². The summed E-state index contributed by atoms with van der Waals surface area (Å²) in [6.07, 6.45) is 5.56. The lowest BCUT2D eigenvalue weighted by Crippen LogP contribution is -2.70. The molecule has 0 aliphatic carbocycles. The highest BCUT2D eigenvalue weighted by molar-refractivity contribution is 5.96. The number of aliphatic hydroxyl groups is 2. The predicted molar refractivity (Wildman–Crippen MR) is 156 cm³/mol. The van der Waals surface area contributed by atoms with Crippen LogP contribution in [0, 0.1) is 0 Å². The third-order valence-corrected chi connectivity index (χ3v) is 8.14. The molecule has 0 radical (unpaired) electrons. The average molecular weight is 612 g/mol. The van der Waals surface area contributed by atoms with Crippen LogP contribution in [0.1, 0.15) is 37.5 Å². The summed E-state index contributed by atoms with van der Waals surface area (Å²) in [6.45, 7) is 5.36. The molecule has 0 spiro atoms. The fourth-order valence-corrected chi connectivity index (χ4v) is 6.02. The zero-order valence-corrected chi connectivity index (χ0v) is 24.9. The summed E-state index contributed by atoms with van der Waals surface area (Å²) < 4.78 is 25.3. The van der Waals surface area contributed by atoms with Gasteiger partial charge >= 0.3 is 5.97 Å². The van der Waals surface area contributed by atoms with E-state index in [-0.39, 0.29) is 24.0 Å². The monoisotopic (exact) mass is 611 g/mol. The fourth-order valence-electron chi connectivity index (χ4n) is 6.02. The number of allylic oxidation sites excluding steroid dienone is 3. The number of fused-ring (bicyclic) bond motifs is 3. The smallest absolute Gasteiger partial charge is 0.374 e. The molecule has 0 bridgehead atoms. The van der Waals surface area contributed by atoms with Gasteiger partial charge in [0.05, 0.1) is 43.7 Å². The van der Waals surface area contributed by atoms with Crippen LogP contribution < -0.4 is 40.8 Å². The van der Waals surface area contributed by atoms with Crippen molar-refractivity contribution in [2.45, 2.75) is 70.5 Å². The summed E-state index contributed by atoms with van der Waals surface area (Å²) >= 11 is 0. The number of anilines is 1. The predicted octanol–water partition coefficient (Wildman–Crippen LogP) is -0.595. The Bertz CT molecular complexity index is 1540. The van der Waals surface area contributed by atoms with Crippen molar-refractivity contribution in [2.24, 2.45) is 5.73 Å². The molecule has 4 atom stereocenters. The van der Waals surface area contributed by atoms with Gasteiger partial charge < -0.3 is 43.9 Å². The molecule has 236 valence electrons. The van der Waals surface area contributed by atoms with E-state index in [4.69, 9.17) is 24.7 Å². The summed E-state index contributed by atoms with van der Waals surface area (Å²) in [5.41, 5.74) is 6.93. The highest BCUT2D eigenvalue weighted by atomic mass is 16.6. The molecule has 4 unspecified atom stereocenters. The summed E-state index contributed by atoms with van der Waals surface area (Å²) in [5.74, 6) is 0.677. The van der Waals surface area contributed by atoms with E-state index in [0.29, 0.717) is 59.3 Å². The first-order chi connectivity index (χ1) is 21.0. The largest absolute Gasteiger partial charge is 0.496 e. The van der Waals surface area contributed by atoms with E-state index in [0.717, 1.165) is 0 Å². The molecule has 0 saturated carbocycles. The van der Waals surface area contributed by atoms with E-state index in [1.54, 1.807) is 39.2 Å². The Hall–Kier alpha value is -4.15. The molecule has 1 aromatic heterocycles. The number of benzene rings is 1. The number of nitrogens with one attached hydrogen (secondary N) is 3. The van der Waals surface area contributed by atoms with Gasteiger partial charge in [0.25, 0.3) is 0 Å². The van der Waals surface area contributed by atoms with Crippen molar-refractivity contribution in [1.82, 2.24) is 25.5 Å². The molecular weight excluding hydrogens is 574 g/mol. The maximum atomic E-state index is 12.9. The first kappa shape index (κ1) is 29.9. The number of nitrogens with two attached hydrogens (primary N) is 1. The van der Waals surface area contributed by atoms with Crippen molar-refractivity contribution in [3.05, 3.63) is 47.0 Å². The van der Waals surface area contributed by atoms with Crippen LogP contribution >= 0.6 is 0 Å². The van der Waals surface area contributed by atoms with Crippen LogP contribution in [0.3, 0.4) is 0 Å². The van der Waals surface area contributed by atoms with Crippen molar-refractivity contribution in [1.29, 1.82) is 0 Å². The van der Waals surface area contributed by atoms with E-state index < -0.39 is 42.8 Å². The van der Waals surface area contributed by atoms with E-state index >= 15 is 0 Å². The number of imidazole rings is 1. The van der Waals surface area contributed by atoms with Gasteiger partial charge in [-0.3, -0.25) is 21.2 Å². The number of hydrogen-bond donors (Lipinski definition) is 6. The quantitative estimate of drug-likeness (QED) is 0.208. The lowest BCUT2D eigenvalue weighted by molar-refractivity contribution is -0.141. The van der Waals surface area contributed by atoms with Crippen LogP contribution in [-0.2, 0) is 33.9 Å². The Morgan fingerprint density at radius 1 is 1.34 bits per heavy atom. The standard InChI is InChI=1S/C29H37N7O8/c1-5-42-26(39)17-10-14(6-8-35-9-7-31-28(35)36-13-32-20-24(36)33-27(30)34-25(20)38)19-22(41-4)15-11-18(29(2,3)40)44-21(15)16(12-37)23(19)43-17/h6-7,9-10,18,20,24,27,32-33,37,40H,5,8,11-13,30H2,1-4H3,(H,34,38). The van der Waals surface area contributed by atoms with Gasteiger partial charge in [0.1, 0.15) is 41.8 Å². The van der Waals surface area contributed by atoms with Crippen LogP contribution in [0.2, 0.25) is 0 Å². The Kier molecular flexibility index (Phi) is 7.75. The van der Waals surface area contributed by atoms with E-state index in [1.807, 2.05) is 15.5 Å². The number of ether oxygens (including phenoxy) is 4. The number of hydrogen-bond acceptors (Lipinski definition) is 13. The van der Waals surface area contributed by atoms with Gasteiger partial charge in [-0.2, -0.15) is 0 Å². The van der Waals surface area contributed by atoms with Gasteiger partial charge in [-0.05, 0) is 32.4 Å². The van der Waals surface area contributed by atoms with Crippen molar-refractivity contribution >= 4 is 23.4 Å². The van der Waals surface area contributed by atoms with Gasteiger partial charge in [-0.25, -0.2) is 9.78 Å². The normalized spacial score (nSPS) is 25.0. The van der Waals surface area contributed by atoms with Crippen molar-refractivity contribution in [3.8, 4) is 17.2 Å². The number of esters is 1. The fraction of sp³-hybridized carbons (Fsp3) is 0.483. The lowest BCUT2D eigenvalue weighted by atomic mass is 9.90.